The van der Waals surface area contributed by atoms with E-state index >= 15 is 0 Å². The number of alkyl carbamates (subject to hydrolysis) is 1. The summed E-state index contributed by atoms with van der Waals surface area (Å²) < 4.78 is 47.5. The Hall–Kier alpha value is -2.25. The van der Waals surface area contributed by atoms with Gasteiger partial charge < -0.3 is 9.47 Å². The minimum Gasteiger partial charge on any atom is -0.444 e. The Morgan fingerprint density at radius 1 is 1.09 bits per heavy atom. The average Bonchev–Trinajstić information content (AvgIpc) is 2.35. The summed E-state index contributed by atoms with van der Waals surface area (Å²) in [6, 6.07) is 7.13. The fourth-order valence-corrected chi connectivity index (χ4v) is 1.34. The highest BCUT2D eigenvalue weighted by Crippen LogP contribution is 2.22. The summed E-state index contributed by atoms with van der Waals surface area (Å²) in [5, 5.41) is 1.48. The van der Waals surface area contributed by atoms with E-state index in [4.69, 9.17) is 4.74 Å². The second kappa shape index (κ2) is 6.67. The van der Waals surface area contributed by atoms with Crippen molar-refractivity contribution < 1.29 is 32.2 Å². The molecule has 0 bridgehead atoms. The molecule has 0 saturated heterocycles. The smallest absolute Gasteiger partial charge is 0.444 e. The maximum absolute atomic E-state index is 12.8. The van der Waals surface area contributed by atoms with Gasteiger partial charge in [-0.15, -0.1) is 0 Å². The van der Waals surface area contributed by atoms with E-state index in [1.54, 1.807) is 6.07 Å². The number of esters is 1. The summed E-state index contributed by atoms with van der Waals surface area (Å²) in [5.74, 6) is -1.21. The molecule has 0 radical (unpaired) electrons. The lowest BCUT2D eigenvalue weighted by Gasteiger charge is -2.24. The van der Waals surface area contributed by atoms with Crippen LogP contribution in [0.25, 0.3) is 0 Å². The van der Waals surface area contributed by atoms with Crippen molar-refractivity contribution >= 4 is 12.1 Å². The van der Waals surface area contributed by atoms with Crippen LogP contribution in [0.2, 0.25) is 0 Å². The van der Waals surface area contributed by atoms with Crippen molar-refractivity contribution in [2.75, 3.05) is 0 Å². The van der Waals surface area contributed by atoms with E-state index in [9.17, 15) is 22.8 Å². The van der Waals surface area contributed by atoms with E-state index in [1.165, 1.54) is 50.4 Å². The third kappa shape index (κ3) is 6.02. The highest BCUT2D eigenvalue weighted by Gasteiger charge is 2.45. The molecular weight excluding hydrogens is 303 g/mol. The number of nitrogens with one attached hydrogen (secondary N) is 1. The lowest BCUT2D eigenvalue weighted by molar-refractivity contribution is -0.211. The summed E-state index contributed by atoms with van der Waals surface area (Å²) in [6.45, 7) is 4.47. The molecule has 0 fully saturated rings. The van der Waals surface area contributed by atoms with Gasteiger partial charge in [0.25, 0.3) is 6.23 Å². The summed E-state index contributed by atoms with van der Waals surface area (Å²) >= 11 is 0. The molecule has 0 spiro atoms. The number of rotatable bonds is 3. The zero-order valence-electron chi connectivity index (χ0n) is 12.2. The molecule has 5 nitrogen and oxygen atoms in total. The largest absolute Gasteiger partial charge is 0.445 e. The highest BCUT2D eigenvalue weighted by molar-refractivity contribution is 5.89. The Kier molecular flexibility index (Phi) is 5.40. The Balaban J connectivity index is 2.78. The highest BCUT2D eigenvalue weighted by atomic mass is 19.4. The molecule has 0 heterocycles. The molecule has 0 saturated carbocycles. The van der Waals surface area contributed by atoms with Gasteiger partial charge in [-0.25, -0.2) is 9.59 Å². The van der Waals surface area contributed by atoms with Crippen LogP contribution < -0.4 is 5.32 Å². The van der Waals surface area contributed by atoms with Crippen LogP contribution in [-0.2, 0) is 9.47 Å². The molecule has 1 aromatic rings. The maximum Gasteiger partial charge on any atom is 0.445 e. The zero-order chi connectivity index (χ0) is 17.0. The molecule has 122 valence electrons. The lowest BCUT2D eigenvalue weighted by atomic mass is 10.2. The first kappa shape index (κ1) is 17.8. The summed E-state index contributed by atoms with van der Waals surface area (Å²) in [6.07, 6.45) is -9.10. The number of hydrogen-bond donors (Lipinski definition) is 1. The number of carbonyl (C=O) groups is 2. The minimum absolute atomic E-state index is 0.0669. The van der Waals surface area contributed by atoms with Crippen molar-refractivity contribution in [3.8, 4) is 0 Å². The molecule has 1 N–H and O–H groups in total. The number of hydrogen-bond acceptors (Lipinski definition) is 4. The molecule has 8 heteroatoms. The van der Waals surface area contributed by atoms with Crippen LogP contribution in [0.4, 0.5) is 18.0 Å². The van der Waals surface area contributed by atoms with E-state index in [0.29, 0.717) is 0 Å². The normalized spacial score (nSPS) is 13.2. The van der Waals surface area contributed by atoms with Crippen LogP contribution >= 0.6 is 0 Å². The average molecular weight is 319 g/mol. The van der Waals surface area contributed by atoms with Crippen LogP contribution in [0.5, 0.6) is 0 Å². The number of alkyl halides is 3. The molecule has 1 atom stereocenters. The first-order chi connectivity index (χ1) is 9.99. The number of amides is 1. The van der Waals surface area contributed by atoms with Gasteiger partial charge in [0.1, 0.15) is 5.60 Å². The number of carbonyl (C=O) groups excluding carboxylic acids is 2. The van der Waals surface area contributed by atoms with E-state index in [-0.39, 0.29) is 5.56 Å². The van der Waals surface area contributed by atoms with Gasteiger partial charge in [-0.2, -0.15) is 13.2 Å². The van der Waals surface area contributed by atoms with Gasteiger partial charge in [0, 0.05) is 0 Å². The molecule has 1 unspecified atom stereocenters. The fraction of sp³-hybridized carbons (Fsp3) is 0.429. The van der Waals surface area contributed by atoms with Crippen molar-refractivity contribution in [3.63, 3.8) is 0 Å². The van der Waals surface area contributed by atoms with Crippen LogP contribution in [0.1, 0.15) is 31.1 Å². The van der Waals surface area contributed by atoms with Gasteiger partial charge in [0.05, 0.1) is 5.56 Å². The van der Waals surface area contributed by atoms with E-state index in [2.05, 4.69) is 4.74 Å². The Labute approximate surface area is 125 Å². The van der Waals surface area contributed by atoms with Gasteiger partial charge in [-0.1, -0.05) is 18.2 Å². The van der Waals surface area contributed by atoms with Crippen LogP contribution in [0, 0.1) is 0 Å². The summed E-state index contributed by atoms with van der Waals surface area (Å²) in [5.41, 5.74) is -1.05. The van der Waals surface area contributed by atoms with Crippen LogP contribution in [-0.4, -0.2) is 30.1 Å². The number of halogens is 3. The first-order valence-corrected chi connectivity index (χ1v) is 6.31. The first-order valence-electron chi connectivity index (χ1n) is 6.31. The Bertz CT molecular complexity index is 523. The summed E-state index contributed by atoms with van der Waals surface area (Å²) in [7, 11) is 0. The van der Waals surface area contributed by atoms with Crippen molar-refractivity contribution in [1.29, 1.82) is 0 Å². The molecule has 0 aliphatic carbocycles. The van der Waals surface area contributed by atoms with Crippen molar-refractivity contribution in [2.24, 2.45) is 0 Å². The predicted octanol–water partition coefficient (Wildman–Crippen LogP) is 3.26. The second-order valence-corrected chi connectivity index (χ2v) is 5.34. The zero-order valence-corrected chi connectivity index (χ0v) is 12.2. The molecule has 0 aliphatic heterocycles. The van der Waals surface area contributed by atoms with Crippen LogP contribution in [0.15, 0.2) is 30.3 Å². The quantitative estimate of drug-likeness (QED) is 0.686. The molecular formula is C14H16F3NO4. The third-order valence-electron chi connectivity index (χ3n) is 2.18. The van der Waals surface area contributed by atoms with Crippen molar-refractivity contribution in [2.45, 2.75) is 38.8 Å². The molecule has 1 amide bonds. The van der Waals surface area contributed by atoms with Gasteiger partial charge >= 0.3 is 18.2 Å². The maximum atomic E-state index is 12.8. The molecule has 22 heavy (non-hydrogen) atoms. The molecule has 0 aromatic heterocycles. The number of benzene rings is 1. The molecule has 0 aliphatic rings. The number of ether oxygens (including phenoxy) is 2. The molecule has 1 aromatic carbocycles. The Morgan fingerprint density at radius 3 is 2.09 bits per heavy atom. The second-order valence-electron chi connectivity index (χ2n) is 5.34. The van der Waals surface area contributed by atoms with Gasteiger partial charge in [0.15, 0.2) is 0 Å². The minimum atomic E-state index is -4.97. The fourth-order valence-electron chi connectivity index (χ4n) is 1.34. The molecule has 1 rings (SSSR count). The van der Waals surface area contributed by atoms with Crippen molar-refractivity contribution in [3.05, 3.63) is 35.9 Å². The van der Waals surface area contributed by atoms with E-state index in [0.717, 1.165) is 0 Å². The standard InChI is InChI=1S/C14H16F3NO4/c1-13(2,3)22-12(20)18-11(14(15,16)17)21-10(19)9-7-5-4-6-8-9/h4-8,11H,1-3H3,(H,18,20). The van der Waals surface area contributed by atoms with Gasteiger partial charge in [0.2, 0.25) is 0 Å². The SMILES string of the molecule is CC(C)(C)OC(=O)NC(OC(=O)c1ccccc1)C(F)(F)F. The van der Waals surface area contributed by atoms with Crippen molar-refractivity contribution in [1.82, 2.24) is 5.32 Å². The van der Waals surface area contributed by atoms with Gasteiger partial charge in [-0.05, 0) is 32.9 Å². The predicted molar refractivity (Wildman–Crippen MR) is 71.1 cm³/mol. The summed E-state index contributed by atoms with van der Waals surface area (Å²) in [4.78, 5) is 23.1. The lowest BCUT2D eigenvalue weighted by Crippen LogP contribution is -2.49. The Morgan fingerprint density at radius 2 is 1.64 bits per heavy atom. The van der Waals surface area contributed by atoms with Crippen LogP contribution in [0.3, 0.4) is 0 Å². The topological polar surface area (TPSA) is 64.6 Å². The van der Waals surface area contributed by atoms with Gasteiger partial charge in [-0.3, -0.25) is 5.32 Å². The monoisotopic (exact) mass is 319 g/mol. The van der Waals surface area contributed by atoms with E-state index in [1.807, 2.05) is 0 Å². The third-order valence-corrected chi connectivity index (χ3v) is 2.18. The van der Waals surface area contributed by atoms with E-state index < -0.39 is 30.1 Å².